The van der Waals surface area contributed by atoms with Crippen molar-refractivity contribution < 1.29 is 30.0 Å². The van der Waals surface area contributed by atoms with Crippen molar-refractivity contribution in [1.82, 2.24) is 4.98 Å². The van der Waals surface area contributed by atoms with Crippen LogP contribution in [0.1, 0.15) is 78.4 Å². The summed E-state index contributed by atoms with van der Waals surface area (Å²) in [5, 5.41) is 15.2. The molecular formula is C38H48IrNO2Si-. The normalized spacial score (nSPS) is 13.9. The standard InChI is InChI=1S/C25H24NSi.C13H24O2.Ir/c1-25(2)19-12-7-10-16-9-6-11-17(23(16)19)24-20(25)15-18-21(26-24)13-8-14-22(18)27(3,4)5;1-5-10(6-2)12(14)9-13(15)11(7-3)8-4;/h6-10,12-15H,1-5H3;9-11,14H,5-8H2,1-4H3;/q-1;;/b;12-9-;. The Bertz CT molecular complexity index is 1620. The van der Waals surface area contributed by atoms with Crippen molar-refractivity contribution in [2.24, 2.45) is 11.8 Å². The minimum atomic E-state index is -1.46. The fourth-order valence-corrected chi connectivity index (χ4v) is 8.03. The third-order valence-corrected chi connectivity index (χ3v) is 11.2. The number of hydrogen-bond donors (Lipinski definition) is 1. The number of aromatic nitrogens is 1. The number of nitrogens with zero attached hydrogens (tertiary/aromatic N) is 1. The van der Waals surface area contributed by atoms with Gasteiger partial charge in [0.05, 0.1) is 19.3 Å². The summed E-state index contributed by atoms with van der Waals surface area (Å²) in [5.74, 6) is 0.547. The molecule has 0 saturated heterocycles. The molecule has 0 bridgehead atoms. The average Bonchev–Trinajstić information content (AvgIpc) is 2.96. The van der Waals surface area contributed by atoms with Gasteiger partial charge in [-0.3, -0.25) is 9.78 Å². The summed E-state index contributed by atoms with van der Waals surface area (Å²) >= 11 is 0. The zero-order valence-electron chi connectivity index (χ0n) is 27.4. The third-order valence-electron chi connectivity index (χ3n) is 9.17. The smallest absolute Gasteiger partial charge is 0.162 e. The molecule has 0 spiro atoms. The molecule has 0 aliphatic heterocycles. The van der Waals surface area contributed by atoms with Gasteiger partial charge in [0, 0.05) is 43.4 Å². The maximum absolute atomic E-state index is 11.7. The summed E-state index contributed by atoms with van der Waals surface area (Å²) in [4.78, 5) is 16.9. The van der Waals surface area contributed by atoms with Crippen molar-refractivity contribution in [2.75, 3.05) is 0 Å². The maximum Gasteiger partial charge on any atom is 0.162 e. The van der Waals surface area contributed by atoms with E-state index >= 15 is 0 Å². The Morgan fingerprint density at radius 1 is 0.930 bits per heavy atom. The molecule has 1 heterocycles. The molecule has 5 heteroatoms. The van der Waals surface area contributed by atoms with Crippen LogP contribution in [0.25, 0.3) is 32.9 Å². The first-order valence-electron chi connectivity index (χ1n) is 15.7. The van der Waals surface area contributed by atoms with Crippen molar-refractivity contribution >= 4 is 40.7 Å². The van der Waals surface area contributed by atoms with Gasteiger partial charge in [-0.15, -0.1) is 29.1 Å². The minimum absolute atomic E-state index is 0. The third kappa shape index (κ3) is 6.90. The molecule has 5 rings (SSSR count). The number of benzene rings is 3. The number of ketones is 1. The maximum atomic E-state index is 11.7. The van der Waals surface area contributed by atoms with E-state index < -0.39 is 8.07 Å². The topological polar surface area (TPSA) is 50.2 Å². The van der Waals surface area contributed by atoms with Crippen molar-refractivity contribution in [3.63, 3.8) is 0 Å². The molecule has 1 radical (unpaired) electrons. The summed E-state index contributed by atoms with van der Waals surface area (Å²) in [5.41, 5.74) is 5.98. The molecule has 1 N–H and O–H groups in total. The molecule has 0 amide bonds. The summed E-state index contributed by atoms with van der Waals surface area (Å²) in [6, 6.07) is 23.4. The molecular weight excluding hydrogens is 723 g/mol. The largest absolute Gasteiger partial charge is 0.512 e. The number of aliphatic hydroxyl groups excluding tert-OH is 1. The Kier molecular flexibility index (Phi) is 11.4. The first-order valence-corrected chi connectivity index (χ1v) is 19.2. The van der Waals surface area contributed by atoms with Crippen LogP contribution in [0.2, 0.25) is 19.6 Å². The van der Waals surface area contributed by atoms with Gasteiger partial charge in [-0.1, -0.05) is 119 Å². The van der Waals surface area contributed by atoms with Gasteiger partial charge in [-0.2, -0.15) is 0 Å². The number of aliphatic hydroxyl groups is 1. The molecule has 43 heavy (non-hydrogen) atoms. The first-order chi connectivity index (χ1) is 19.9. The van der Waals surface area contributed by atoms with Crippen LogP contribution in [0.4, 0.5) is 0 Å². The zero-order chi connectivity index (χ0) is 30.8. The summed E-state index contributed by atoms with van der Waals surface area (Å²) in [6.45, 7) is 20.0. The van der Waals surface area contributed by atoms with Gasteiger partial charge >= 0.3 is 0 Å². The second-order valence-electron chi connectivity index (χ2n) is 13.3. The van der Waals surface area contributed by atoms with E-state index in [0.29, 0.717) is 0 Å². The van der Waals surface area contributed by atoms with Crippen LogP contribution in [0.3, 0.4) is 0 Å². The average molecular weight is 771 g/mol. The van der Waals surface area contributed by atoms with Crippen molar-refractivity contribution in [1.29, 1.82) is 0 Å². The Morgan fingerprint density at radius 3 is 2.16 bits per heavy atom. The fourth-order valence-electron chi connectivity index (χ4n) is 6.42. The summed E-state index contributed by atoms with van der Waals surface area (Å²) < 4.78 is 0. The van der Waals surface area contributed by atoms with E-state index in [1.54, 1.807) is 0 Å². The van der Waals surface area contributed by atoms with E-state index in [-0.39, 0.29) is 48.9 Å². The second kappa shape index (κ2) is 14.0. The van der Waals surface area contributed by atoms with Crippen molar-refractivity contribution in [3.05, 3.63) is 83.6 Å². The van der Waals surface area contributed by atoms with Crippen LogP contribution in [-0.2, 0) is 30.3 Å². The Morgan fingerprint density at radius 2 is 1.56 bits per heavy atom. The van der Waals surface area contributed by atoms with Gasteiger partial charge in [-0.05, 0) is 42.8 Å². The van der Waals surface area contributed by atoms with Gasteiger partial charge < -0.3 is 5.11 Å². The van der Waals surface area contributed by atoms with Gasteiger partial charge in [-0.25, -0.2) is 0 Å². The van der Waals surface area contributed by atoms with Crippen molar-refractivity contribution in [2.45, 2.75) is 92.3 Å². The number of fused-ring (bicyclic) bond motifs is 3. The van der Waals surface area contributed by atoms with Crippen LogP contribution in [0, 0.1) is 17.9 Å². The van der Waals surface area contributed by atoms with E-state index in [1.807, 2.05) is 33.8 Å². The number of carbonyl (C=O) groups excluding carboxylic acids is 1. The second-order valence-corrected chi connectivity index (χ2v) is 18.3. The predicted molar refractivity (Wildman–Crippen MR) is 182 cm³/mol. The molecule has 4 aromatic rings. The van der Waals surface area contributed by atoms with Crippen LogP contribution in [0.5, 0.6) is 0 Å². The Balaban J connectivity index is 0.000000274. The number of carbonyl (C=O) groups is 1. The molecule has 1 aliphatic rings. The number of hydrogen-bond acceptors (Lipinski definition) is 3. The van der Waals surface area contributed by atoms with E-state index in [0.717, 1.165) is 42.5 Å². The number of rotatable bonds is 8. The van der Waals surface area contributed by atoms with E-state index in [1.165, 1.54) is 38.5 Å². The van der Waals surface area contributed by atoms with Gasteiger partial charge in [0.15, 0.2) is 5.78 Å². The number of allylic oxidation sites excluding steroid dienone is 2. The Labute approximate surface area is 273 Å². The molecule has 1 aliphatic carbocycles. The monoisotopic (exact) mass is 771 g/mol. The van der Waals surface area contributed by atoms with Crippen LogP contribution in [0.15, 0.2) is 66.4 Å². The van der Waals surface area contributed by atoms with Crippen molar-refractivity contribution in [3.8, 4) is 11.3 Å². The zero-order valence-corrected chi connectivity index (χ0v) is 30.8. The molecule has 0 fully saturated rings. The number of pyridine rings is 1. The van der Waals surface area contributed by atoms with E-state index in [9.17, 15) is 9.90 Å². The summed E-state index contributed by atoms with van der Waals surface area (Å²) in [6.07, 6.45) is 4.91. The van der Waals surface area contributed by atoms with Gasteiger partial charge in [0.1, 0.15) is 0 Å². The minimum Gasteiger partial charge on any atom is -0.512 e. The van der Waals surface area contributed by atoms with Crippen LogP contribution >= 0.6 is 0 Å². The molecule has 231 valence electrons. The van der Waals surface area contributed by atoms with Gasteiger partial charge in [0.25, 0.3) is 0 Å². The van der Waals surface area contributed by atoms with Crippen LogP contribution < -0.4 is 5.19 Å². The Hall–Kier alpha value is -2.59. The molecule has 0 unspecified atom stereocenters. The molecule has 1 aromatic heterocycles. The molecule has 3 aromatic carbocycles. The summed E-state index contributed by atoms with van der Waals surface area (Å²) in [7, 11) is -1.46. The van der Waals surface area contributed by atoms with E-state index in [2.05, 4.69) is 88.1 Å². The van der Waals surface area contributed by atoms with E-state index in [4.69, 9.17) is 4.98 Å². The first kappa shape index (κ1) is 34.9. The molecule has 3 nitrogen and oxygen atoms in total. The predicted octanol–water partition coefficient (Wildman–Crippen LogP) is 9.91. The quantitative estimate of drug-likeness (QED) is 0.0841. The molecule has 0 saturated carbocycles. The SMILES string of the molecule is CC1(C)c2cc3c([Si](C)(C)C)cccc3nc2-c2[c-]ccc3cccc1c23.CCC(CC)C(=O)/C=C(\O)C(CC)CC.[Ir]. The van der Waals surface area contributed by atoms with Crippen LogP contribution in [-0.4, -0.2) is 23.9 Å². The fraction of sp³-hybridized carbons (Fsp3) is 0.421. The van der Waals surface area contributed by atoms with Gasteiger partial charge in [0.2, 0.25) is 0 Å². The molecule has 0 atom stereocenters.